The molecule has 1 aromatic heterocycles. The first-order chi connectivity index (χ1) is 9.11. The van der Waals surface area contributed by atoms with Crippen molar-refractivity contribution in [2.45, 2.75) is 6.92 Å². The third-order valence-corrected chi connectivity index (χ3v) is 3.07. The molecule has 0 saturated heterocycles. The Morgan fingerprint density at radius 3 is 2.89 bits per heavy atom. The molecule has 5 heteroatoms. The maximum absolute atomic E-state index is 12.1. The second-order valence-electron chi connectivity index (χ2n) is 3.92. The zero-order valence-electron chi connectivity index (χ0n) is 10.1. The number of nitriles is 1. The molecule has 0 aliphatic rings. The van der Waals surface area contributed by atoms with Crippen molar-refractivity contribution in [1.82, 2.24) is 4.98 Å². The van der Waals surface area contributed by atoms with E-state index in [-0.39, 0.29) is 5.91 Å². The van der Waals surface area contributed by atoms with E-state index in [0.717, 1.165) is 10.0 Å². The minimum atomic E-state index is -0.322. The first kappa shape index (κ1) is 13.2. The molecular weight excluding hydrogens is 306 g/mol. The molecule has 0 saturated carbocycles. The van der Waals surface area contributed by atoms with E-state index in [1.54, 1.807) is 30.5 Å². The van der Waals surface area contributed by atoms with Gasteiger partial charge in [0.1, 0.15) is 11.8 Å². The molecule has 1 N–H and O–H groups in total. The number of amides is 1. The first-order valence-corrected chi connectivity index (χ1v) is 6.33. The zero-order valence-corrected chi connectivity index (χ0v) is 11.7. The van der Waals surface area contributed by atoms with Crippen molar-refractivity contribution in [2.75, 3.05) is 5.32 Å². The number of hydrogen-bond acceptors (Lipinski definition) is 3. The van der Waals surface area contributed by atoms with Gasteiger partial charge in [-0.15, -0.1) is 0 Å². The largest absolute Gasteiger partial charge is 0.319 e. The van der Waals surface area contributed by atoms with Gasteiger partial charge in [-0.2, -0.15) is 5.26 Å². The summed E-state index contributed by atoms with van der Waals surface area (Å²) in [5, 5.41) is 11.7. The number of aromatic nitrogens is 1. The van der Waals surface area contributed by atoms with E-state index >= 15 is 0 Å². The second-order valence-corrected chi connectivity index (χ2v) is 4.84. The molecule has 0 radical (unpaired) electrons. The standard InChI is InChI=1S/C14H10BrN3O/c1-9-3-2-6-17-13(9)14(19)18-12-5-4-11(15)7-10(12)8-16/h2-7H,1H3,(H,18,19). The number of nitrogens with one attached hydrogen (secondary N) is 1. The summed E-state index contributed by atoms with van der Waals surface area (Å²) >= 11 is 3.28. The van der Waals surface area contributed by atoms with Crippen molar-refractivity contribution in [3.63, 3.8) is 0 Å². The molecule has 0 bridgehead atoms. The number of carbonyl (C=O) groups excluding carboxylic acids is 1. The average Bonchev–Trinajstić information content (AvgIpc) is 2.41. The average molecular weight is 316 g/mol. The van der Waals surface area contributed by atoms with Gasteiger partial charge in [0.2, 0.25) is 0 Å². The highest BCUT2D eigenvalue weighted by molar-refractivity contribution is 9.10. The third-order valence-electron chi connectivity index (χ3n) is 2.57. The SMILES string of the molecule is Cc1cccnc1C(=O)Nc1ccc(Br)cc1C#N. The summed E-state index contributed by atoms with van der Waals surface area (Å²) in [5.74, 6) is -0.322. The molecule has 1 amide bonds. The molecule has 1 aromatic carbocycles. The van der Waals surface area contributed by atoms with Gasteiger partial charge in [0.05, 0.1) is 11.3 Å². The van der Waals surface area contributed by atoms with Crippen molar-refractivity contribution in [1.29, 1.82) is 5.26 Å². The molecule has 19 heavy (non-hydrogen) atoms. The lowest BCUT2D eigenvalue weighted by molar-refractivity contribution is 0.102. The fraction of sp³-hybridized carbons (Fsp3) is 0.0714. The van der Waals surface area contributed by atoms with E-state index < -0.39 is 0 Å². The van der Waals surface area contributed by atoms with Gasteiger partial charge in [-0.05, 0) is 36.8 Å². The summed E-state index contributed by atoms with van der Waals surface area (Å²) in [6.07, 6.45) is 1.56. The minimum Gasteiger partial charge on any atom is -0.319 e. The van der Waals surface area contributed by atoms with Crippen molar-refractivity contribution >= 4 is 27.5 Å². The van der Waals surface area contributed by atoms with Gasteiger partial charge in [-0.25, -0.2) is 0 Å². The van der Waals surface area contributed by atoms with Crippen LogP contribution in [0.3, 0.4) is 0 Å². The first-order valence-electron chi connectivity index (χ1n) is 5.54. The van der Waals surface area contributed by atoms with Crippen molar-refractivity contribution in [3.8, 4) is 6.07 Å². The smallest absolute Gasteiger partial charge is 0.274 e. The normalized spacial score (nSPS) is 9.74. The Morgan fingerprint density at radius 2 is 2.21 bits per heavy atom. The molecule has 0 spiro atoms. The summed E-state index contributed by atoms with van der Waals surface area (Å²) < 4.78 is 0.788. The van der Waals surface area contributed by atoms with Crippen molar-refractivity contribution in [2.24, 2.45) is 0 Å². The maximum Gasteiger partial charge on any atom is 0.274 e. The van der Waals surface area contributed by atoms with Crippen molar-refractivity contribution in [3.05, 3.63) is 57.8 Å². The maximum atomic E-state index is 12.1. The van der Waals surface area contributed by atoms with Gasteiger partial charge in [-0.1, -0.05) is 22.0 Å². The van der Waals surface area contributed by atoms with E-state index in [0.29, 0.717) is 16.9 Å². The topological polar surface area (TPSA) is 65.8 Å². The molecular formula is C14H10BrN3O. The number of nitrogens with zero attached hydrogens (tertiary/aromatic N) is 2. The zero-order chi connectivity index (χ0) is 13.8. The molecule has 94 valence electrons. The molecule has 0 fully saturated rings. The van der Waals surface area contributed by atoms with E-state index in [1.807, 2.05) is 19.1 Å². The highest BCUT2D eigenvalue weighted by Gasteiger charge is 2.12. The molecule has 2 aromatic rings. The Morgan fingerprint density at radius 1 is 1.42 bits per heavy atom. The molecule has 0 unspecified atom stereocenters. The Labute approximate surface area is 119 Å². The van der Waals surface area contributed by atoms with Crippen LogP contribution in [-0.2, 0) is 0 Å². The monoisotopic (exact) mass is 315 g/mol. The number of carbonyl (C=O) groups is 1. The number of halogens is 1. The molecule has 0 atom stereocenters. The highest BCUT2D eigenvalue weighted by Crippen LogP contribution is 2.21. The number of rotatable bonds is 2. The summed E-state index contributed by atoms with van der Waals surface area (Å²) in [6.45, 7) is 1.81. The quantitative estimate of drug-likeness (QED) is 0.924. The number of hydrogen-bond donors (Lipinski definition) is 1. The van der Waals surface area contributed by atoms with Crippen LogP contribution in [0.1, 0.15) is 21.6 Å². The van der Waals surface area contributed by atoms with Crippen molar-refractivity contribution < 1.29 is 4.79 Å². The van der Waals surface area contributed by atoms with Crippen LogP contribution in [0.2, 0.25) is 0 Å². The van der Waals surface area contributed by atoms with Crippen LogP contribution in [0, 0.1) is 18.3 Å². The van der Waals surface area contributed by atoms with Crippen LogP contribution in [0.4, 0.5) is 5.69 Å². The van der Waals surface area contributed by atoms with Gasteiger partial charge in [0, 0.05) is 10.7 Å². The van der Waals surface area contributed by atoms with Crippen LogP contribution >= 0.6 is 15.9 Å². The van der Waals surface area contributed by atoms with Crippen LogP contribution in [0.25, 0.3) is 0 Å². The number of aryl methyl sites for hydroxylation is 1. The van der Waals surface area contributed by atoms with Gasteiger partial charge >= 0.3 is 0 Å². The van der Waals surface area contributed by atoms with Crippen LogP contribution < -0.4 is 5.32 Å². The third kappa shape index (κ3) is 2.98. The van der Waals surface area contributed by atoms with Gasteiger partial charge < -0.3 is 5.32 Å². The number of benzene rings is 1. The number of pyridine rings is 1. The Balaban J connectivity index is 2.30. The van der Waals surface area contributed by atoms with Gasteiger partial charge in [0.25, 0.3) is 5.91 Å². The molecule has 1 heterocycles. The fourth-order valence-corrected chi connectivity index (χ4v) is 1.98. The summed E-state index contributed by atoms with van der Waals surface area (Å²) in [5.41, 5.74) is 2.02. The lowest BCUT2D eigenvalue weighted by atomic mass is 10.1. The molecule has 0 aliphatic carbocycles. The van der Waals surface area contributed by atoms with Crippen LogP contribution in [0.5, 0.6) is 0 Å². The van der Waals surface area contributed by atoms with Crippen LogP contribution in [-0.4, -0.2) is 10.9 Å². The molecule has 2 rings (SSSR count). The Bertz CT molecular complexity index is 677. The summed E-state index contributed by atoms with van der Waals surface area (Å²) in [4.78, 5) is 16.1. The lowest BCUT2D eigenvalue weighted by Crippen LogP contribution is -2.15. The Hall–Kier alpha value is -2.19. The van der Waals surface area contributed by atoms with Gasteiger partial charge in [0.15, 0.2) is 0 Å². The highest BCUT2D eigenvalue weighted by atomic mass is 79.9. The number of anilines is 1. The van der Waals surface area contributed by atoms with E-state index in [9.17, 15) is 4.79 Å². The van der Waals surface area contributed by atoms with E-state index in [1.165, 1.54) is 0 Å². The van der Waals surface area contributed by atoms with E-state index in [2.05, 4.69) is 26.2 Å². The predicted octanol–water partition coefficient (Wildman–Crippen LogP) is 3.28. The summed E-state index contributed by atoms with van der Waals surface area (Å²) in [7, 11) is 0. The summed E-state index contributed by atoms with van der Waals surface area (Å²) in [6, 6.07) is 10.7. The molecule has 0 aliphatic heterocycles. The second kappa shape index (κ2) is 5.63. The van der Waals surface area contributed by atoms with E-state index in [4.69, 9.17) is 5.26 Å². The Kier molecular flexibility index (Phi) is 3.93. The van der Waals surface area contributed by atoms with Gasteiger partial charge in [-0.3, -0.25) is 9.78 Å². The fourth-order valence-electron chi connectivity index (χ4n) is 1.62. The van der Waals surface area contributed by atoms with Crippen LogP contribution in [0.15, 0.2) is 41.0 Å². The molecule has 4 nitrogen and oxygen atoms in total. The predicted molar refractivity (Wildman–Crippen MR) is 75.8 cm³/mol. The lowest BCUT2D eigenvalue weighted by Gasteiger charge is -2.08. The minimum absolute atomic E-state index is 0.322.